The van der Waals surface area contributed by atoms with Crippen molar-refractivity contribution in [1.29, 1.82) is 0 Å². The van der Waals surface area contributed by atoms with Crippen LogP contribution in [-0.2, 0) is 54.4 Å². The number of carbonyl (C=O) groups excluding carboxylic acids is 3. The first kappa shape index (κ1) is 63.7. The van der Waals surface area contributed by atoms with E-state index >= 15 is 0 Å². The Kier molecular flexibility index (Phi) is 28.6. The number of carboxylic acids is 7. The van der Waals surface area contributed by atoms with Gasteiger partial charge in [0.05, 0.1) is 52.4 Å². The number of unbranched alkanes of at least 4 members (excludes halogenated alkanes) is 1. The molecule has 0 aromatic heterocycles. The van der Waals surface area contributed by atoms with Gasteiger partial charge in [-0.15, -0.1) is 0 Å². The van der Waals surface area contributed by atoms with Crippen LogP contribution in [-0.4, -0.2) is 315 Å². The number of amides is 3. The van der Waals surface area contributed by atoms with Gasteiger partial charge in [0.25, 0.3) is 0 Å². The Labute approximate surface area is 439 Å². The second kappa shape index (κ2) is 34.1. The summed E-state index contributed by atoms with van der Waals surface area (Å²) in [6, 6.07) is 3.03. The summed E-state index contributed by atoms with van der Waals surface area (Å²) < 4.78 is 0. The van der Waals surface area contributed by atoms with Gasteiger partial charge in [-0.1, -0.05) is 12.1 Å². The third-order valence-corrected chi connectivity index (χ3v) is 12.6. The van der Waals surface area contributed by atoms with Crippen molar-refractivity contribution in [1.82, 2.24) is 55.1 Å². The van der Waals surface area contributed by atoms with E-state index in [1.54, 1.807) is 39.2 Å². The zero-order chi connectivity index (χ0) is 56.2. The first-order valence-electron chi connectivity index (χ1n) is 25.0. The maximum absolute atomic E-state index is 13.9. The topological polar surface area (TPSA) is 395 Å². The monoisotopic (exact) mass is 1080 g/mol. The van der Waals surface area contributed by atoms with Crippen LogP contribution >= 0.6 is 0 Å². The van der Waals surface area contributed by atoms with E-state index in [0.29, 0.717) is 5.56 Å². The van der Waals surface area contributed by atoms with Gasteiger partial charge >= 0.3 is 41.8 Å². The third-order valence-electron chi connectivity index (χ3n) is 12.6. The van der Waals surface area contributed by atoms with E-state index in [9.17, 15) is 88.8 Å². The van der Waals surface area contributed by atoms with Gasteiger partial charge in [0, 0.05) is 118 Å². The normalized spacial score (nSPS) is 18.3. The molecule has 426 valence electrons. The molecule has 3 amide bonds. The molecule has 11 N–H and O–H groups in total. The van der Waals surface area contributed by atoms with E-state index in [0.717, 1.165) is 0 Å². The van der Waals surface area contributed by atoms with E-state index in [4.69, 9.17) is 0 Å². The molecule has 2 atom stereocenters. The lowest BCUT2D eigenvalue weighted by atomic mass is 10.0. The predicted octanol–water partition coefficient (Wildman–Crippen LogP) is -4.77. The van der Waals surface area contributed by atoms with Crippen LogP contribution in [0, 0.1) is 0 Å². The molecule has 2 saturated heterocycles. The number of phenols is 1. The van der Waals surface area contributed by atoms with Crippen molar-refractivity contribution in [3.63, 3.8) is 0 Å². The van der Waals surface area contributed by atoms with Crippen LogP contribution in [0.4, 0.5) is 0 Å². The largest absolute Gasteiger partial charge is 0.508 e. The Balaban J connectivity index is 1.66. The van der Waals surface area contributed by atoms with Crippen LogP contribution in [0.15, 0.2) is 24.3 Å². The molecule has 2 heterocycles. The first-order valence-corrected chi connectivity index (χ1v) is 25.0. The zero-order valence-electron chi connectivity index (χ0n) is 42.7. The van der Waals surface area contributed by atoms with Gasteiger partial charge in [-0.25, -0.2) is 4.79 Å². The average Bonchev–Trinajstić information content (AvgIpc) is 3.32. The lowest BCUT2D eigenvalue weighted by Crippen LogP contribution is -2.54. The molecule has 0 unspecified atom stereocenters. The summed E-state index contributed by atoms with van der Waals surface area (Å²) in [4.78, 5) is 136. The number of nitrogens with one attached hydrogen (secondary N) is 3. The zero-order valence-corrected chi connectivity index (χ0v) is 42.7. The number of hydrogen-bond acceptors (Lipinski definition) is 19. The SMILES string of the molecule is O=C(O)CN1CCN(CC(=O)O)CCN(CC(=O)NCCCC[C@H](NC(=O)[C@H](Cc2ccc(O)cc2)NC(=O)CN2CCN(CC(=O)O)CCN(CC(=O)O)CCN(CC(=O)O)CC2)C(=O)O)CCN(CC(=O)O)CC1. The molecule has 76 heavy (non-hydrogen) atoms. The molecule has 29 nitrogen and oxygen atoms in total. The van der Waals surface area contributed by atoms with Crippen LogP contribution in [0.2, 0.25) is 0 Å². The minimum Gasteiger partial charge on any atom is -0.508 e. The number of benzene rings is 1. The summed E-state index contributed by atoms with van der Waals surface area (Å²) in [6.45, 7) is 0.439. The van der Waals surface area contributed by atoms with Crippen molar-refractivity contribution in [2.24, 2.45) is 0 Å². The van der Waals surface area contributed by atoms with Crippen LogP contribution in [0.3, 0.4) is 0 Å². The standard InChI is InChI=1S/C47H75N11O18/c59-35-6-4-34(5-7-35)25-37(49-39(61)27-52-11-15-55(30-42(66)67)19-23-58(33-45(72)73)24-20-56(16-12-52)31-43(68)69)46(74)50-36(47(75)76)3-1-2-8-48-38(60)26-51-9-13-53(28-40(62)63)17-21-57(32-44(70)71)22-18-54(14-10-51)29-41(64)65/h4-7,36-37,59H,1-3,8-33H2,(H,48,60)(H,49,61)(H,50,74)(H,62,63)(H,64,65)(H,66,67)(H,68,69)(H,70,71)(H,72,73)(H,75,76)/t36-,37-/m0/s1. The van der Waals surface area contributed by atoms with E-state index in [2.05, 4.69) is 16.0 Å². The average molecular weight is 1080 g/mol. The van der Waals surface area contributed by atoms with Crippen LogP contribution < -0.4 is 16.0 Å². The third kappa shape index (κ3) is 27.8. The van der Waals surface area contributed by atoms with Crippen molar-refractivity contribution in [3.05, 3.63) is 29.8 Å². The molecule has 29 heteroatoms. The highest BCUT2D eigenvalue weighted by Gasteiger charge is 2.29. The number of aromatic hydroxyl groups is 1. The molecule has 3 rings (SSSR count). The van der Waals surface area contributed by atoms with Crippen molar-refractivity contribution >= 4 is 59.5 Å². The highest BCUT2D eigenvalue weighted by atomic mass is 16.4. The van der Waals surface area contributed by atoms with Gasteiger partial charge < -0.3 is 56.8 Å². The number of nitrogens with zero attached hydrogens (tertiary/aromatic N) is 8. The predicted molar refractivity (Wildman–Crippen MR) is 268 cm³/mol. The maximum Gasteiger partial charge on any atom is 0.326 e. The smallest absolute Gasteiger partial charge is 0.326 e. The van der Waals surface area contributed by atoms with E-state index in [1.165, 1.54) is 24.3 Å². The number of phenolic OH excluding ortho intramolecular Hbond substituents is 1. The number of carboxylic acid groups (broad SMARTS) is 7. The summed E-state index contributed by atoms with van der Waals surface area (Å²) in [5.74, 6) is -9.96. The highest BCUT2D eigenvalue weighted by molar-refractivity contribution is 5.91. The molecule has 2 fully saturated rings. The second-order valence-corrected chi connectivity index (χ2v) is 18.8. The Morgan fingerprint density at radius 1 is 0.395 bits per heavy atom. The summed E-state index contributed by atoms with van der Waals surface area (Å²) >= 11 is 0. The Morgan fingerprint density at radius 2 is 0.697 bits per heavy atom. The summed E-state index contributed by atoms with van der Waals surface area (Å²) in [5, 5.41) is 85.1. The molecule has 0 bridgehead atoms. The van der Waals surface area contributed by atoms with Gasteiger partial charge in [-0.05, 0) is 37.0 Å². The van der Waals surface area contributed by atoms with Crippen molar-refractivity contribution in [2.45, 2.75) is 37.8 Å². The lowest BCUT2D eigenvalue weighted by Gasteiger charge is -2.33. The Morgan fingerprint density at radius 3 is 1.00 bits per heavy atom. The first-order chi connectivity index (χ1) is 36.0. The molecule has 2 aliphatic heterocycles. The van der Waals surface area contributed by atoms with Gasteiger partial charge in [0.15, 0.2) is 0 Å². The van der Waals surface area contributed by atoms with Gasteiger partial charge in [0.2, 0.25) is 17.7 Å². The molecule has 1 aromatic carbocycles. The van der Waals surface area contributed by atoms with E-state index in [1.807, 2.05) is 0 Å². The molecule has 0 spiro atoms. The second-order valence-electron chi connectivity index (χ2n) is 18.8. The Bertz CT molecular complexity index is 2020. The molecule has 0 saturated carbocycles. The number of hydrogen-bond donors (Lipinski definition) is 11. The minimum atomic E-state index is -1.43. The lowest BCUT2D eigenvalue weighted by molar-refractivity contribution is -0.142. The molecular weight excluding hydrogens is 1010 g/mol. The van der Waals surface area contributed by atoms with Gasteiger partial charge in [-0.2, -0.15) is 0 Å². The molecule has 2 aliphatic rings. The van der Waals surface area contributed by atoms with Gasteiger partial charge in [-0.3, -0.25) is 82.4 Å². The van der Waals surface area contributed by atoms with Crippen molar-refractivity contribution in [2.75, 3.05) is 164 Å². The molecule has 1 aromatic rings. The molecule has 0 aliphatic carbocycles. The van der Waals surface area contributed by atoms with E-state index < -0.39 is 71.6 Å². The maximum atomic E-state index is 13.9. The summed E-state index contributed by atoms with van der Waals surface area (Å²) in [6.07, 6.45) is 0.301. The fraction of sp³-hybridized carbons (Fsp3) is 0.660. The number of carbonyl (C=O) groups is 10. The van der Waals surface area contributed by atoms with Crippen molar-refractivity contribution in [3.8, 4) is 5.75 Å². The van der Waals surface area contributed by atoms with Crippen LogP contribution in [0.25, 0.3) is 0 Å². The quantitative estimate of drug-likeness (QED) is 0.0368. The fourth-order valence-corrected chi connectivity index (χ4v) is 8.58. The Hall–Kier alpha value is -6.60. The summed E-state index contributed by atoms with van der Waals surface area (Å²) in [7, 11) is 0. The number of aliphatic carboxylic acids is 7. The highest BCUT2D eigenvalue weighted by Crippen LogP contribution is 2.13. The number of rotatable bonds is 27. The van der Waals surface area contributed by atoms with Crippen molar-refractivity contribution < 1.29 is 88.8 Å². The van der Waals surface area contributed by atoms with Crippen LogP contribution in [0.1, 0.15) is 24.8 Å². The minimum absolute atomic E-state index is 0.0639. The van der Waals surface area contributed by atoms with Crippen LogP contribution in [0.5, 0.6) is 5.75 Å². The van der Waals surface area contributed by atoms with E-state index in [-0.39, 0.29) is 195 Å². The fourth-order valence-electron chi connectivity index (χ4n) is 8.58. The summed E-state index contributed by atoms with van der Waals surface area (Å²) in [5.41, 5.74) is 0.505. The van der Waals surface area contributed by atoms with Gasteiger partial charge in [0.1, 0.15) is 17.8 Å². The molecule has 0 radical (unpaired) electrons. The molecular formula is C47H75N11O18.